The molecule has 0 saturated heterocycles. The van der Waals surface area contributed by atoms with Crippen molar-refractivity contribution in [2.75, 3.05) is 25.2 Å². The molecule has 7 nitrogen and oxygen atoms in total. The van der Waals surface area contributed by atoms with Crippen LogP contribution in [0.1, 0.15) is 29.2 Å². The first-order valence-electron chi connectivity index (χ1n) is 11.2. The van der Waals surface area contributed by atoms with Gasteiger partial charge in [0.05, 0.1) is 36.1 Å². The molecular formula is C26H27F3N2O5S. The molecule has 3 aromatic carbocycles. The highest BCUT2D eigenvalue weighted by Crippen LogP contribution is 2.43. The van der Waals surface area contributed by atoms with Crippen molar-refractivity contribution in [2.45, 2.75) is 30.5 Å². The molecule has 1 aliphatic heterocycles. The van der Waals surface area contributed by atoms with E-state index >= 15 is 0 Å². The summed E-state index contributed by atoms with van der Waals surface area (Å²) >= 11 is 0. The number of aliphatic imine (C=N–C) groups is 1. The summed E-state index contributed by atoms with van der Waals surface area (Å²) < 4.78 is 84.4. The second-order valence-corrected chi connectivity index (χ2v) is 12.0. The Kier molecular flexibility index (Phi) is 6.72. The normalized spacial score (nSPS) is 16.3. The van der Waals surface area contributed by atoms with Crippen LogP contribution in [0.4, 0.5) is 24.5 Å². The third kappa shape index (κ3) is 5.42. The van der Waals surface area contributed by atoms with Crippen molar-refractivity contribution in [3.05, 3.63) is 71.3 Å². The lowest BCUT2D eigenvalue weighted by molar-refractivity contribution is -0.140. The summed E-state index contributed by atoms with van der Waals surface area (Å²) in [6.07, 6.45) is -2.08. The first-order chi connectivity index (χ1) is 17.3. The summed E-state index contributed by atoms with van der Waals surface area (Å²) in [7, 11) is -2.05. The van der Waals surface area contributed by atoms with E-state index in [0.717, 1.165) is 24.0 Å². The van der Waals surface area contributed by atoms with Gasteiger partial charge in [-0.3, -0.25) is 14.3 Å². The van der Waals surface area contributed by atoms with Crippen LogP contribution in [-0.4, -0.2) is 35.5 Å². The summed E-state index contributed by atoms with van der Waals surface area (Å²) in [6.45, 7) is 1.74. The number of hydrogen-bond donors (Lipinski definition) is 2. The van der Waals surface area contributed by atoms with Gasteiger partial charge in [0.25, 0.3) is 0 Å². The number of hydrogen-bond acceptors (Lipinski definition) is 5. The van der Waals surface area contributed by atoms with Crippen molar-refractivity contribution in [3.63, 3.8) is 0 Å². The number of rotatable bonds is 7. The quantitative estimate of drug-likeness (QED) is 0.357. The third-order valence-corrected chi connectivity index (χ3v) is 8.05. The Balaban J connectivity index is 1.61. The molecule has 4 rings (SSSR count). The lowest BCUT2D eigenvalue weighted by Gasteiger charge is -2.42. The van der Waals surface area contributed by atoms with E-state index in [0.29, 0.717) is 34.9 Å². The molecule has 198 valence electrons. The number of anilines is 1. The van der Waals surface area contributed by atoms with Crippen LogP contribution >= 0.6 is 0 Å². The Bertz CT molecular complexity index is 1430. The number of alkyl halides is 3. The van der Waals surface area contributed by atoms with Crippen molar-refractivity contribution in [1.29, 1.82) is 0 Å². The molecule has 0 spiro atoms. The SMILES string of the molecule is COc1cc2c(cc1OC)C(Oc1ccc(NS(C)(=O)(O)c3ccccc3C(F)(F)F)cc1C)CC=N2. The fourth-order valence-electron chi connectivity index (χ4n) is 4.19. The maximum atomic E-state index is 13.5. The molecule has 37 heavy (non-hydrogen) atoms. The number of methoxy groups -OCH3 is 2. The summed E-state index contributed by atoms with van der Waals surface area (Å²) in [6, 6.07) is 12.4. The Morgan fingerprint density at radius 3 is 2.35 bits per heavy atom. The molecule has 0 radical (unpaired) electrons. The lowest BCUT2D eigenvalue weighted by Crippen LogP contribution is -2.41. The maximum absolute atomic E-state index is 13.5. The highest BCUT2D eigenvalue weighted by atomic mass is 32.3. The van der Waals surface area contributed by atoms with Gasteiger partial charge in [-0.15, -0.1) is 9.53 Å². The zero-order valence-electron chi connectivity index (χ0n) is 20.6. The smallest absolute Gasteiger partial charge is 0.418 e. The number of benzene rings is 3. The standard InChI is InChI=1S/C26H27F3N2O5S/c1-16-13-17(31-37(4,32,33)25-8-6-5-7-19(25)26(27,28)29)9-10-21(16)36-22-11-12-30-20-15-24(35-3)23(34-2)14-18(20)22/h5-10,12-15,22H,11H2,1-4H3,(H2,31,32,33). The Hall–Kier alpha value is -3.57. The predicted molar refractivity (Wildman–Crippen MR) is 137 cm³/mol. The van der Waals surface area contributed by atoms with Gasteiger partial charge < -0.3 is 14.2 Å². The Morgan fingerprint density at radius 1 is 1.03 bits per heavy atom. The molecule has 0 aliphatic carbocycles. The van der Waals surface area contributed by atoms with E-state index in [4.69, 9.17) is 14.2 Å². The van der Waals surface area contributed by atoms with Gasteiger partial charge in [0.15, 0.2) is 11.5 Å². The molecule has 0 bridgehead atoms. The molecular weight excluding hydrogens is 509 g/mol. The van der Waals surface area contributed by atoms with E-state index in [-0.39, 0.29) is 11.8 Å². The fourth-order valence-corrected chi connectivity index (χ4v) is 6.08. The minimum absolute atomic E-state index is 0.167. The molecule has 1 aliphatic rings. The van der Waals surface area contributed by atoms with Crippen LogP contribution in [0.25, 0.3) is 0 Å². The second-order valence-electron chi connectivity index (χ2n) is 8.78. The first kappa shape index (κ1) is 26.5. The molecule has 3 aromatic rings. The molecule has 2 N–H and O–H groups in total. The predicted octanol–water partition coefficient (Wildman–Crippen LogP) is 6.57. The molecule has 0 aromatic heterocycles. The van der Waals surface area contributed by atoms with E-state index in [1.54, 1.807) is 37.4 Å². The largest absolute Gasteiger partial charge is 0.493 e. The fraction of sp³-hybridized carbons (Fsp3) is 0.269. The average Bonchev–Trinajstić information content (AvgIpc) is 2.84. The zero-order valence-corrected chi connectivity index (χ0v) is 21.4. The highest BCUT2D eigenvalue weighted by molar-refractivity contribution is 8.15. The number of halogens is 3. The van der Waals surface area contributed by atoms with Crippen molar-refractivity contribution in [3.8, 4) is 17.2 Å². The summed E-state index contributed by atoms with van der Waals surface area (Å²) in [5, 5.41) is 0. The van der Waals surface area contributed by atoms with Crippen LogP contribution in [0, 0.1) is 6.92 Å². The number of fused-ring (bicyclic) bond motifs is 1. The van der Waals surface area contributed by atoms with Crippen LogP contribution in [0.15, 0.2) is 64.5 Å². The minimum Gasteiger partial charge on any atom is -0.493 e. The Morgan fingerprint density at radius 2 is 1.70 bits per heavy atom. The van der Waals surface area contributed by atoms with Crippen LogP contribution in [0.3, 0.4) is 0 Å². The Labute approximate surface area is 212 Å². The number of nitrogens with zero attached hydrogens (tertiary/aromatic N) is 1. The zero-order chi connectivity index (χ0) is 27.0. The molecule has 0 fully saturated rings. The minimum atomic E-state index is -5.12. The summed E-state index contributed by atoms with van der Waals surface area (Å²) in [4.78, 5) is 3.69. The first-order valence-corrected chi connectivity index (χ1v) is 13.5. The van der Waals surface area contributed by atoms with Gasteiger partial charge in [0.1, 0.15) is 11.9 Å². The van der Waals surface area contributed by atoms with Crippen molar-refractivity contribution >= 4 is 27.1 Å². The van der Waals surface area contributed by atoms with E-state index in [2.05, 4.69) is 9.71 Å². The monoisotopic (exact) mass is 536 g/mol. The topological polar surface area (TPSA) is 89.4 Å². The van der Waals surface area contributed by atoms with Gasteiger partial charge >= 0.3 is 6.18 Å². The van der Waals surface area contributed by atoms with Gasteiger partial charge in [-0.1, -0.05) is 12.1 Å². The van der Waals surface area contributed by atoms with E-state index in [1.807, 2.05) is 0 Å². The van der Waals surface area contributed by atoms with Gasteiger partial charge in [0, 0.05) is 30.5 Å². The average molecular weight is 537 g/mol. The van der Waals surface area contributed by atoms with Gasteiger partial charge in [-0.25, -0.2) is 0 Å². The summed E-state index contributed by atoms with van der Waals surface area (Å²) in [5.74, 6) is 1.58. The van der Waals surface area contributed by atoms with Crippen LogP contribution in [0.2, 0.25) is 0 Å². The molecule has 0 saturated carbocycles. The lowest BCUT2D eigenvalue weighted by atomic mass is 10.0. The highest BCUT2D eigenvalue weighted by Gasteiger charge is 2.39. The number of aryl methyl sites for hydroxylation is 1. The molecule has 0 amide bonds. The van der Waals surface area contributed by atoms with Crippen LogP contribution < -0.4 is 18.9 Å². The van der Waals surface area contributed by atoms with Gasteiger partial charge in [-0.2, -0.15) is 17.4 Å². The van der Waals surface area contributed by atoms with Crippen LogP contribution in [0.5, 0.6) is 17.2 Å². The van der Waals surface area contributed by atoms with Gasteiger partial charge in [-0.05, 0) is 48.9 Å². The second kappa shape index (κ2) is 9.38. The van der Waals surface area contributed by atoms with E-state index in [1.165, 1.54) is 32.4 Å². The van der Waals surface area contributed by atoms with Crippen molar-refractivity contribution < 1.29 is 36.1 Å². The van der Waals surface area contributed by atoms with Crippen molar-refractivity contribution in [2.24, 2.45) is 4.99 Å². The molecule has 1 unspecified atom stereocenters. The van der Waals surface area contributed by atoms with E-state index in [9.17, 15) is 21.9 Å². The van der Waals surface area contributed by atoms with E-state index < -0.39 is 26.2 Å². The van der Waals surface area contributed by atoms with Crippen LogP contribution in [-0.2, 0) is 15.7 Å². The summed E-state index contributed by atoms with van der Waals surface area (Å²) in [5.41, 5.74) is 1.09. The third-order valence-electron chi connectivity index (χ3n) is 5.94. The maximum Gasteiger partial charge on any atom is 0.418 e. The molecule has 1 atom stereocenters. The molecule has 1 heterocycles. The number of ether oxygens (including phenoxy) is 3. The molecule has 11 heteroatoms. The van der Waals surface area contributed by atoms with Crippen molar-refractivity contribution in [1.82, 2.24) is 0 Å². The number of nitrogens with one attached hydrogen (secondary N) is 1. The van der Waals surface area contributed by atoms with Gasteiger partial charge in [0.2, 0.25) is 0 Å².